The number of fused-ring (bicyclic) bond motifs is 4. The number of benzene rings is 8. The molecule has 0 radical (unpaired) electrons. The van der Waals surface area contributed by atoms with E-state index in [0.717, 1.165) is 12.8 Å². The quantitative estimate of drug-likeness (QED) is 0.175. The van der Waals surface area contributed by atoms with Crippen LogP contribution < -0.4 is 0 Å². The van der Waals surface area contributed by atoms with Gasteiger partial charge in [-0.25, -0.2) is 0 Å². The largest absolute Gasteiger partial charge is 0.0622 e. The van der Waals surface area contributed by atoms with Crippen LogP contribution in [0.2, 0.25) is 0 Å². The fraction of sp³-hybridized carbons (Fsp3) is 0.0833. The van der Waals surface area contributed by atoms with Crippen LogP contribution >= 0.6 is 0 Å². The zero-order valence-electron chi connectivity index (χ0n) is 27.4. The van der Waals surface area contributed by atoms with E-state index in [0.29, 0.717) is 0 Å². The summed E-state index contributed by atoms with van der Waals surface area (Å²) in [5, 5.41) is 5.26. The van der Waals surface area contributed by atoms with E-state index in [4.69, 9.17) is 0 Å². The van der Waals surface area contributed by atoms with Crippen LogP contribution in [0.25, 0.3) is 88.3 Å². The van der Waals surface area contributed by atoms with Crippen molar-refractivity contribution in [1.82, 2.24) is 0 Å². The monoisotopic (exact) mass is 612 g/mol. The Morgan fingerprint density at radius 2 is 0.708 bits per heavy atom. The highest BCUT2D eigenvalue weighted by Gasteiger charge is 2.32. The Bertz CT molecular complexity index is 2290. The van der Waals surface area contributed by atoms with Crippen molar-refractivity contribution in [3.8, 4) is 66.8 Å². The van der Waals surface area contributed by atoms with Crippen LogP contribution in [0.3, 0.4) is 0 Å². The van der Waals surface area contributed by atoms with E-state index in [9.17, 15) is 0 Å². The van der Waals surface area contributed by atoms with E-state index in [2.05, 4.69) is 172 Å². The Balaban J connectivity index is 1.56. The molecule has 1 aliphatic rings. The van der Waals surface area contributed by atoms with Crippen LogP contribution in [0, 0.1) is 0 Å². The topological polar surface area (TPSA) is 0 Å². The summed E-state index contributed by atoms with van der Waals surface area (Å²) in [6, 6.07) is 59.1. The Morgan fingerprint density at radius 1 is 0.292 bits per heavy atom. The number of hydrogen-bond acceptors (Lipinski definition) is 0. The van der Waals surface area contributed by atoms with Crippen molar-refractivity contribution in [2.45, 2.75) is 26.7 Å². The standard InChI is InChI=1S/C48H36/c1-3-31-21-25-33(26-22-31)38-29-30-39(34-27-23-32(4-2)24-28-34)46-44(37-15-9-6-10-16-37)48-41-20-12-18-35-17-11-19-40(42(35)41)47(48)43(45(38)46)36-13-7-5-8-14-36/h5-30H,3-4H2,1-2H3. The lowest BCUT2D eigenvalue weighted by Gasteiger charge is -2.25. The maximum absolute atomic E-state index is 2.38. The van der Waals surface area contributed by atoms with E-state index in [1.54, 1.807) is 0 Å². The van der Waals surface area contributed by atoms with Crippen molar-refractivity contribution in [3.63, 3.8) is 0 Å². The first-order valence-electron chi connectivity index (χ1n) is 17.2. The molecule has 8 aromatic rings. The molecule has 0 unspecified atom stereocenters. The summed E-state index contributed by atoms with van der Waals surface area (Å²) in [6.07, 6.45) is 2.05. The van der Waals surface area contributed by atoms with Gasteiger partial charge in [0.25, 0.3) is 0 Å². The molecule has 228 valence electrons. The minimum atomic E-state index is 1.02. The van der Waals surface area contributed by atoms with Gasteiger partial charge in [0.2, 0.25) is 0 Å². The fourth-order valence-corrected chi connectivity index (χ4v) is 8.03. The molecular formula is C48H36. The first kappa shape index (κ1) is 28.5. The molecule has 0 heterocycles. The molecule has 9 rings (SSSR count). The lowest BCUT2D eigenvalue weighted by Crippen LogP contribution is -1.98. The van der Waals surface area contributed by atoms with Crippen molar-refractivity contribution < 1.29 is 0 Å². The second-order valence-electron chi connectivity index (χ2n) is 13.0. The summed E-state index contributed by atoms with van der Waals surface area (Å²) >= 11 is 0. The third-order valence-electron chi connectivity index (χ3n) is 10.4. The summed E-state index contributed by atoms with van der Waals surface area (Å²) < 4.78 is 0. The average Bonchev–Trinajstić information content (AvgIpc) is 3.49. The summed E-state index contributed by atoms with van der Waals surface area (Å²) in [6.45, 7) is 4.45. The van der Waals surface area contributed by atoms with Crippen molar-refractivity contribution in [2.75, 3.05) is 0 Å². The predicted molar refractivity (Wildman–Crippen MR) is 206 cm³/mol. The second kappa shape index (κ2) is 11.5. The second-order valence-corrected chi connectivity index (χ2v) is 13.0. The number of aryl methyl sites for hydroxylation is 2. The average molecular weight is 613 g/mol. The highest BCUT2D eigenvalue weighted by molar-refractivity contribution is 6.31. The molecular weight excluding hydrogens is 577 g/mol. The van der Waals surface area contributed by atoms with Gasteiger partial charge in [0.15, 0.2) is 0 Å². The molecule has 0 heteroatoms. The van der Waals surface area contributed by atoms with Gasteiger partial charge in [0.1, 0.15) is 0 Å². The molecule has 0 nitrogen and oxygen atoms in total. The zero-order valence-corrected chi connectivity index (χ0v) is 27.4. The van der Waals surface area contributed by atoms with Gasteiger partial charge in [-0.05, 0) is 112 Å². The molecule has 8 aromatic carbocycles. The first-order valence-corrected chi connectivity index (χ1v) is 17.2. The molecule has 0 fully saturated rings. The van der Waals surface area contributed by atoms with Crippen LogP contribution in [0.1, 0.15) is 25.0 Å². The molecule has 0 aromatic heterocycles. The smallest absolute Gasteiger partial charge is 0.000719 e. The number of rotatable bonds is 6. The van der Waals surface area contributed by atoms with Crippen LogP contribution in [0.4, 0.5) is 0 Å². The van der Waals surface area contributed by atoms with E-state index in [-0.39, 0.29) is 0 Å². The van der Waals surface area contributed by atoms with Gasteiger partial charge in [-0.3, -0.25) is 0 Å². The molecule has 0 spiro atoms. The molecule has 0 saturated carbocycles. The van der Waals surface area contributed by atoms with Crippen molar-refractivity contribution in [3.05, 3.63) is 169 Å². The van der Waals surface area contributed by atoms with Crippen LogP contribution in [0.5, 0.6) is 0 Å². The molecule has 0 saturated heterocycles. The van der Waals surface area contributed by atoms with Gasteiger partial charge in [0.05, 0.1) is 0 Å². The van der Waals surface area contributed by atoms with Gasteiger partial charge in [0, 0.05) is 0 Å². The number of hydrogen-bond donors (Lipinski definition) is 0. The molecule has 0 N–H and O–H groups in total. The van der Waals surface area contributed by atoms with Crippen LogP contribution in [-0.4, -0.2) is 0 Å². The maximum atomic E-state index is 2.38. The highest BCUT2D eigenvalue weighted by atomic mass is 14.3. The van der Waals surface area contributed by atoms with Crippen molar-refractivity contribution >= 4 is 21.5 Å². The van der Waals surface area contributed by atoms with Gasteiger partial charge in [-0.2, -0.15) is 0 Å². The lowest BCUT2D eigenvalue weighted by atomic mass is 9.78. The Hall–Kier alpha value is -5.72. The Labute approximate surface area is 283 Å². The van der Waals surface area contributed by atoms with Gasteiger partial charge >= 0.3 is 0 Å². The van der Waals surface area contributed by atoms with Crippen molar-refractivity contribution in [1.29, 1.82) is 0 Å². The fourth-order valence-electron chi connectivity index (χ4n) is 8.03. The van der Waals surface area contributed by atoms with Gasteiger partial charge in [-0.15, -0.1) is 0 Å². The summed E-state index contributed by atoms with van der Waals surface area (Å²) in [5.74, 6) is 0. The zero-order chi connectivity index (χ0) is 32.2. The van der Waals surface area contributed by atoms with Crippen LogP contribution in [-0.2, 0) is 12.8 Å². The molecule has 0 atom stereocenters. The summed E-state index contributed by atoms with van der Waals surface area (Å²) in [7, 11) is 0. The van der Waals surface area contributed by atoms with Gasteiger partial charge in [-0.1, -0.05) is 172 Å². The highest BCUT2D eigenvalue weighted by Crippen LogP contribution is 2.60. The molecule has 0 bridgehead atoms. The lowest BCUT2D eigenvalue weighted by molar-refractivity contribution is 1.14. The molecule has 0 aliphatic heterocycles. The van der Waals surface area contributed by atoms with Gasteiger partial charge < -0.3 is 0 Å². The molecule has 48 heavy (non-hydrogen) atoms. The van der Waals surface area contributed by atoms with Crippen molar-refractivity contribution in [2.24, 2.45) is 0 Å². The van der Waals surface area contributed by atoms with E-state index < -0.39 is 0 Å². The minimum Gasteiger partial charge on any atom is -0.0622 e. The predicted octanol–water partition coefficient (Wildman–Crippen LogP) is 13.4. The van der Waals surface area contributed by atoms with Crippen LogP contribution in [0.15, 0.2) is 158 Å². The Kier molecular flexibility index (Phi) is 6.83. The molecule has 1 aliphatic carbocycles. The van der Waals surface area contributed by atoms with E-state index in [1.807, 2.05) is 0 Å². The molecule has 0 amide bonds. The first-order chi connectivity index (χ1) is 23.7. The third-order valence-corrected chi connectivity index (χ3v) is 10.4. The summed E-state index contributed by atoms with van der Waals surface area (Å²) in [4.78, 5) is 0. The Morgan fingerprint density at radius 3 is 1.10 bits per heavy atom. The SMILES string of the molecule is CCc1ccc(-c2ccc(-c3ccc(CC)cc3)c3c(-c4ccccc4)c4c(c(-c5ccccc5)c23)-c2cccc3cccc-4c23)cc1. The minimum absolute atomic E-state index is 1.02. The van der Waals surface area contributed by atoms with E-state index >= 15 is 0 Å². The maximum Gasteiger partial charge on any atom is -0.000719 e. The normalized spacial score (nSPS) is 11.7. The third kappa shape index (κ3) is 4.37. The summed E-state index contributed by atoms with van der Waals surface area (Å²) in [5.41, 5.74) is 18.2. The van der Waals surface area contributed by atoms with E-state index in [1.165, 1.54) is 99.4 Å².